The smallest absolute Gasteiger partial charge is 0.240 e. The summed E-state index contributed by atoms with van der Waals surface area (Å²) < 4.78 is 0. The van der Waals surface area contributed by atoms with E-state index in [-0.39, 0.29) is 11.9 Å². The van der Waals surface area contributed by atoms with Gasteiger partial charge in [0.25, 0.3) is 0 Å². The Kier molecular flexibility index (Phi) is 4.58. The van der Waals surface area contributed by atoms with E-state index in [4.69, 9.17) is 0 Å². The highest BCUT2D eigenvalue weighted by Crippen LogP contribution is 2.18. The quantitative estimate of drug-likeness (QED) is 0.768. The third kappa shape index (κ3) is 2.71. The van der Waals surface area contributed by atoms with Gasteiger partial charge in [-0.15, -0.1) is 0 Å². The van der Waals surface area contributed by atoms with Crippen LogP contribution in [0.15, 0.2) is 0 Å². The van der Waals surface area contributed by atoms with Gasteiger partial charge in [0, 0.05) is 12.6 Å². The summed E-state index contributed by atoms with van der Waals surface area (Å²) in [5.41, 5.74) is 0. The van der Waals surface area contributed by atoms with Crippen molar-refractivity contribution >= 4 is 5.91 Å². The molecule has 0 aromatic heterocycles. The number of nitrogens with zero attached hydrogens (tertiary/aromatic N) is 1. The van der Waals surface area contributed by atoms with E-state index in [1.807, 2.05) is 4.90 Å². The SMILES string of the molecule is CCC(C)N(CC)C(=O)C1NCCC1C. The number of hydrogen-bond donors (Lipinski definition) is 1. The molecular weight excluding hydrogens is 188 g/mol. The Morgan fingerprint density at radius 3 is 2.60 bits per heavy atom. The lowest BCUT2D eigenvalue weighted by molar-refractivity contribution is -0.135. The number of rotatable bonds is 4. The molecule has 0 bridgehead atoms. The number of carbonyl (C=O) groups excluding carboxylic acids is 1. The first-order valence-corrected chi connectivity index (χ1v) is 6.15. The lowest BCUT2D eigenvalue weighted by Crippen LogP contribution is -2.49. The van der Waals surface area contributed by atoms with Gasteiger partial charge in [0.1, 0.15) is 0 Å². The molecule has 0 spiro atoms. The summed E-state index contributed by atoms with van der Waals surface area (Å²) >= 11 is 0. The molecule has 0 radical (unpaired) electrons. The van der Waals surface area contributed by atoms with Crippen molar-refractivity contribution < 1.29 is 4.79 Å². The van der Waals surface area contributed by atoms with Crippen molar-refractivity contribution in [2.24, 2.45) is 5.92 Å². The highest BCUT2D eigenvalue weighted by atomic mass is 16.2. The van der Waals surface area contributed by atoms with Gasteiger partial charge in [-0.1, -0.05) is 13.8 Å². The third-order valence-corrected chi connectivity index (χ3v) is 3.55. The number of hydrogen-bond acceptors (Lipinski definition) is 2. The second-order valence-electron chi connectivity index (χ2n) is 4.58. The fourth-order valence-corrected chi connectivity index (χ4v) is 2.25. The molecule has 1 amide bonds. The van der Waals surface area contributed by atoms with Gasteiger partial charge in [-0.05, 0) is 39.2 Å². The standard InChI is InChI=1S/C12H24N2O/c1-5-10(4)14(6-2)12(15)11-9(3)7-8-13-11/h9-11,13H,5-8H2,1-4H3. The molecule has 0 aromatic carbocycles. The Morgan fingerprint density at radius 1 is 1.53 bits per heavy atom. The molecule has 1 aliphatic heterocycles. The molecule has 88 valence electrons. The van der Waals surface area contributed by atoms with Gasteiger partial charge in [0.15, 0.2) is 0 Å². The van der Waals surface area contributed by atoms with E-state index in [0.717, 1.165) is 25.9 Å². The summed E-state index contributed by atoms with van der Waals surface area (Å²) in [7, 11) is 0. The zero-order valence-electron chi connectivity index (χ0n) is 10.4. The fraction of sp³-hybridized carbons (Fsp3) is 0.917. The lowest BCUT2D eigenvalue weighted by Gasteiger charge is -2.31. The van der Waals surface area contributed by atoms with Crippen molar-refractivity contribution in [1.29, 1.82) is 0 Å². The van der Waals surface area contributed by atoms with Crippen LogP contribution in [0, 0.1) is 5.92 Å². The molecule has 0 aliphatic carbocycles. The van der Waals surface area contributed by atoms with Crippen LogP contribution in [0.1, 0.15) is 40.5 Å². The van der Waals surface area contributed by atoms with Crippen LogP contribution < -0.4 is 5.32 Å². The first-order chi connectivity index (χ1) is 7.11. The molecule has 1 N–H and O–H groups in total. The van der Waals surface area contributed by atoms with Crippen LogP contribution in [-0.2, 0) is 4.79 Å². The average Bonchev–Trinajstić information content (AvgIpc) is 2.65. The molecule has 3 nitrogen and oxygen atoms in total. The Bertz CT molecular complexity index is 218. The van der Waals surface area contributed by atoms with Crippen LogP contribution in [0.2, 0.25) is 0 Å². The van der Waals surface area contributed by atoms with Crippen LogP contribution in [0.25, 0.3) is 0 Å². The molecule has 1 saturated heterocycles. The van der Waals surface area contributed by atoms with E-state index in [1.165, 1.54) is 0 Å². The third-order valence-electron chi connectivity index (χ3n) is 3.55. The molecule has 1 heterocycles. The van der Waals surface area contributed by atoms with Crippen molar-refractivity contribution in [1.82, 2.24) is 10.2 Å². The molecule has 0 saturated carbocycles. The Hall–Kier alpha value is -0.570. The molecule has 1 aliphatic rings. The summed E-state index contributed by atoms with van der Waals surface area (Å²) in [4.78, 5) is 14.3. The first-order valence-electron chi connectivity index (χ1n) is 6.15. The maximum Gasteiger partial charge on any atom is 0.240 e. The van der Waals surface area contributed by atoms with E-state index in [2.05, 4.69) is 33.0 Å². The second kappa shape index (κ2) is 5.50. The predicted octanol–water partition coefficient (Wildman–Crippen LogP) is 1.63. The van der Waals surface area contributed by atoms with Gasteiger partial charge in [-0.2, -0.15) is 0 Å². The van der Waals surface area contributed by atoms with Gasteiger partial charge in [-0.3, -0.25) is 4.79 Å². The average molecular weight is 212 g/mol. The molecule has 1 fully saturated rings. The van der Waals surface area contributed by atoms with Crippen molar-refractivity contribution in [3.05, 3.63) is 0 Å². The molecule has 3 heteroatoms. The van der Waals surface area contributed by atoms with Crippen molar-refractivity contribution in [2.75, 3.05) is 13.1 Å². The van der Waals surface area contributed by atoms with Crippen molar-refractivity contribution in [2.45, 2.75) is 52.6 Å². The van der Waals surface area contributed by atoms with Crippen LogP contribution in [-0.4, -0.2) is 36.0 Å². The lowest BCUT2D eigenvalue weighted by atomic mass is 10.0. The molecular formula is C12H24N2O. The zero-order valence-corrected chi connectivity index (χ0v) is 10.4. The largest absolute Gasteiger partial charge is 0.339 e. The van der Waals surface area contributed by atoms with Gasteiger partial charge < -0.3 is 10.2 Å². The van der Waals surface area contributed by atoms with E-state index in [0.29, 0.717) is 12.0 Å². The molecule has 3 unspecified atom stereocenters. The Balaban J connectivity index is 2.63. The number of amides is 1. The number of carbonyl (C=O) groups is 1. The summed E-state index contributed by atoms with van der Waals surface area (Å²) in [6.07, 6.45) is 2.15. The fourth-order valence-electron chi connectivity index (χ4n) is 2.25. The minimum Gasteiger partial charge on any atom is -0.339 e. The first kappa shape index (κ1) is 12.5. The van der Waals surface area contributed by atoms with Gasteiger partial charge >= 0.3 is 0 Å². The van der Waals surface area contributed by atoms with Crippen molar-refractivity contribution in [3.63, 3.8) is 0 Å². The van der Waals surface area contributed by atoms with Crippen molar-refractivity contribution in [3.8, 4) is 0 Å². The zero-order chi connectivity index (χ0) is 11.4. The van der Waals surface area contributed by atoms with Crippen LogP contribution >= 0.6 is 0 Å². The Labute approximate surface area is 93.2 Å². The minimum absolute atomic E-state index is 0.0546. The van der Waals surface area contributed by atoms with Crippen LogP contribution in [0.4, 0.5) is 0 Å². The van der Waals surface area contributed by atoms with Crippen LogP contribution in [0.5, 0.6) is 0 Å². The Morgan fingerprint density at radius 2 is 2.20 bits per heavy atom. The van der Waals surface area contributed by atoms with E-state index < -0.39 is 0 Å². The normalized spacial score (nSPS) is 27.7. The molecule has 15 heavy (non-hydrogen) atoms. The van der Waals surface area contributed by atoms with Crippen LogP contribution in [0.3, 0.4) is 0 Å². The highest BCUT2D eigenvalue weighted by molar-refractivity contribution is 5.82. The summed E-state index contributed by atoms with van der Waals surface area (Å²) in [5, 5.41) is 3.31. The van der Waals surface area contributed by atoms with E-state index >= 15 is 0 Å². The second-order valence-corrected chi connectivity index (χ2v) is 4.58. The van der Waals surface area contributed by atoms with Gasteiger partial charge in [-0.25, -0.2) is 0 Å². The van der Waals surface area contributed by atoms with Gasteiger partial charge in [0.2, 0.25) is 5.91 Å². The molecule has 0 aromatic rings. The van der Waals surface area contributed by atoms with E-state index in [1.54, 1.807) is 0 Å². The predicted molar refractivity (Wildman–Crippen MR) is 62.7 cm³/mol. The number of nitrogens with one attached hydrogen (secondary N) is 1. The maximum absolute atomic E-state index is 12.3. The van der Waals surface area contributed by atoms with Gasteiger partial charge in [0.05, 0.1) is 6.04 Å². The summed E-state index contributed by atoms with van der Waals surface area (Å²) in [6, 6.07) is 0.413. The van der Waals surface area contributed by atoms with E-state index in [9.17, 15) is 4.79 Å². The maximum atomic E-state index is 12.3. The number of likely N-dealkylation sites (N-methyl/N-ethyl adjacent to an activating group) is 1. The minimum atomic E-state index is 0.0546. The molecule has 1 rings (SSSR count). The topological polar surface area (TPSA) is 32.3 Å². The highest BCUT2D eigenvalue weighted by Gasteiger charge is 2.33. The summed E-state index contributed by atoms with van der Waals surface area (Å²) in [6.45, 7) is 10.3. The summed E-state index contributed by atoms with van der Waals surface area (Å²) in [5.74, 6) is 0.771. The monoisotopic (exact) mass is 212 g/mol. The molecule has 3 atom stereocenters.